The molecule has 23 heavy (non-hydrogen) atoms. The summed E-state index contributed by atoms with van der Waals surface area (Å²) in [6.07, 6.45) is 0.513. The number of hydrogen-bond donors (Lipinski definition) is 1. The van der Waals surface area contributed by atoms with Crippen molar-refractivity contribution in [2.75, 3.05) is 13.2 Å². The highest BCUT2D eigenvalue weighted by atomic mass is 16.6. The number of nitro groups is 2. The van der Waals surface area contributed by atoms with Crippen molar-refractivity contribution >= 4 is 11.4 Å². The van der Waals surface area contributed by atoms with Gasteiger partial charge in [-0.3, -0.25) is 20.2 Å². The van der Waals surface area contributed by atoms with E-state index in [1.54, 1.807) is 24.3 Å². The zero-order chi connectivity index (χ0) is 16.8. The Morgan fingerprint density at radius 2 is 1.48 bits per heavy atom. The Bertz CT molecular complexity index is 682. The maximum Gasteiger partial charge on any atom is 0.276 e. The smallest absolute Gasteiger partial charge is 0.276 e. The van der Waals surface area contributed by atoms with Crippen LogP contribution in [-0.2, 0) is 0 Å². The van der Waals surface area contributed by atoms with Gasteiger partial charge in [0.15, 0.2) is 0 Å². The Morgan fingerprint density at radius 3 is 1.96 bits per heavy atom. The summed E-state index contributed by atoms with van der Waals surface area (Å²) in [4.78, 5) is 20.5. The van der Waals surface area contributed by atoms with Gasteiger partial charge in [0.05, 0.1) is 22.5 Å². The molecule has 0 atom stereocenters. The van der Waals surface area contributed by atoms with Crippen LogP contribution in [0.2, 0.25) is 0 Å². The standard InChI is InChI=1S/C15H14N2O6/c18-6-1-7-23-15-4-2-11(3-5-15)12-8-13(16(19)20)10-14(9-12)17(21)22/h2-5,8-10,18H,1,6-7H2. The number of benzene rings is 2. The Kier molecular flexibility index (Phi) is 5.21. The second-order valence-corrected chi connectivity index (χ2v) is 4.70. The average molecular weight is 318 g/mol. The van der Waals surface area contributed by atoms with Gasteiger partial charge in [0.25, 0.3) is 11.4 Å². The van der Waals surface area contributed by atoms with Crippen LogP contribution in [-0.4, -0.2) is 28.2 Å². The predicted octanol–water partition coefficient (Wildman–Crippen LogP) is 2.93. The zero-order valence-electron chi connectivity index (χ0n) is 12.0. The lowest BCUT2D eigenvalue weighted by Gasteiger charge is -2.07. The molecule has 2 aromatic rings. The van der Waals surface area contributed by atoms with Gasteiger partial charge in [-0.25, -0.2) is 0 Å². The third-order valence-corrected chi connectivity index (χ3v) is 3.08. The van der Waals surface area contributed by atoms with E-state index in [9.17, 15) is 20.2 Å². The SMILES string of the molecule is O=[N+]([O-])c1cc(-c2ccc(OCCCO)cc2)cc([N+](=O)[O-])c1. The quantitative estimate of drug-likeness (QED) is 0.476. The molecule has 0 fully saturated rings. The molecule has 8 heteroatoms. The largest absolute Gasteiger partial charge is 0.494 e. The summed E-state index contributed by atoms with van der Waals surface area (Å²) in [6.45, 7) is 0.410. The summed E-state index contributed by atoms with van der Waals surface area (Å²) >= 11 is 0. The number of nitrogens with zero attached hydrogens (tertiary/aromatic N) is 2. The Labute approximate surface area is 131 Å². The molecule has 0 aliphatic heterocycles. The normalized spacial score (nSPS) is 10.3. The van der Waals surface area contributed by atoms with Gasteiger partial charge in [-0.15, -0.1) is 0 Å². The van der Waals surface area contributed by atoms with E-state index >= 15 is 0 Å². The van der Waals surface area contributed by atoms with Crippen molar-refractivity contribution in [1.82, 2.24) is 0 Å². The van der Waals surface area contributed by atoms with Gasteiger partial charge in [-0.05, 0) is 23.3 Å². The van der Waals surface area contributed by atoms with Gasteiger partial charge in [-0.1, -0.05) is 12.1 Å². The van der Waals surface area contributed by atoms with Crippen molar-refractivity contribution in [3.05, 3.63) is 62.7 Å². The molecule has 0 aromatic heterocycles. The molecular weight excluding hydrogens is 304 g/mol. The van der Waals surface area contributed by atoms with Crippen LogP contribution in [0.1, 0.15) is 6.42 Å². The number of aliphatic hydroxyl groups excluding tert-OH is 1. The van der Waals surface area contributed by atoms with Gasteiger partial charge in [0, 0.05) is 25.2 Å². The maximum absolute atomic E-state index is 10.9. The molecule has 0 amide bonds. The van der Waals surface area contributed by atoms with E-state index < -0.39 is 9.85 Å². The fourth-order valence-corrected chi connectivity index (χ4v) is 1.97. The van der Waals surface area contributed by atoms with E-state index in [-0.39, 0.29) is 18.0 Å². The molecule has 0 unspecified atom stereocenters. The van der Waals surface area contributed by atoms with Crippen LogP contribution >= 0.6 is 0 Å². The van der Waals surface area contributed by atoms with Crippen LogP contribution < -0.4 is 4.74 Å². The topological polar surface area (TPSA) is 116 Å². The minimum absolute atomic E-state index is 0.0371. The number of ether oxygens (including phenoxy) is 1. The first-order chi connectivity index (χ1) is 11.0. The van der Waals surface area contributed by atoms with Gasteiger partial charge < -0.3 is 9.84 Å². The summed E-state index contributed by atoms with van der Waals surface area (Å²) in [6, 6.07) is 10.2. The van der Waals surface area contributed by atoms with Crippen molar-refractivity contribution in [3.8, 4) is 16.9 Å². The molecule has 120 valence electrons. The minimum atomic E-state index is -0.664. The molecule has 2 rings (SSSR count). The molecule has 0 heterocycles. The summed E-state index contributed by atoms with van der Waals surface area (Å²) in [5, 5.41) is 30.5. The average Bonchev–Trinajstić information content (AvgIpc) is 2.55. The van der Waals surface area contributed by atoms with Crippen molar-refractivity contribution in [2.24, 2.45) is 0 Å². The fourth-order valence-electron chi connectivity index (χ4n) is 1.97. The number of hydrogen-bond acceptors (Lipinski definition) is 6. The van der Waals surface area contributed by atoms with Crippen LogP contribution in [0.5, 0.6) is 5.75 Å². The minimum Gasteiger partial charge on any atom is -0.494 e. The first kappa shape index (κ1) is 16.4. The molecule has 8 nitrogen and oxygen atoms in total. The van der Waals surface area contributed by atoms with E-state index in [1.807, 2.05) is 0 Å². The summed E-state index contributed by atoms with van der Waals surface area (Å²) < 4.78 is 5.38. The van der Waals surface area contributed by atoms with Crippen molar-refractivity contribution < 1.29 is 19.7 Å². The molecule has 0 radical (unpaired) electrons. The van der Waals surface area contributed by atoms with Gasteiger partial charge in [0.2, 0.25) is 0 Å². The van der Waals surface area contributed by atoms with Crippen LogP contribution in [0.4, 0.5) is 11.4 Å². The van der Waals surface area contributed by atoms with E-state index in [2.05, 4.69) is 0 Å². The lowest BCUT2D eigenvalue weighted by Crippen LogP contribution is -1.99. The monoisotopic (exact) mass is 318 g/mol. The fraction of sp³-hybridized carbons (Fsp3) is 0.200. The summed E-state index contributed by atoms with van der Waals surface area (Å²) in [7, 11) is 0. The van der Waals surface area contributed by atoms with Crippen molar-refractivity contribution in [1.29, 1.82) is 0 Å². The van der Waals surface area contributed by atoms with Crippen molar-refractivity contribution in [2.45, 2.75) is 6.42 Å². The zero-order valence-corrected chi connectivity index (χ0v) is 12.0. The predicted molar refractivity (Wildman–Crippen MR) is 82.4 cm³/mol. The molecule has 0 saturated heterocycles. The lowest BCUT2D eigenvalue weighted by molar-refractivity contribution is -0.394. The third-order valence-electron chi connectivity index (χ3n) is 3.08. The van der Waals surface area contributed by atoms with E-state index in [0.717, 1.165) is 6.07 Å². The second kappa shape index (κ2) is 7.32. The van der Waals surface area contributed by atoms with Crippen LogP contribution in [0, 0.1) is 20.2 Å². The highest BCUT2D eigenvalue weighted by Crippen LogP contribution is 2.30. The van der Waals surface area contributed by atoms with E-state index in [1.165, 1.54) is 12.1 Å². The Balaban J connectivity index is 2.30. The second-order valence-electron chi connectivity index (χ2n) is 4.70. The first-order valence-corrected chi connectivity index (χ1v) is 6.79. The summed E-state index contributed by atoms with van der Waals surface area (Å²) in [5.41, 5.74) is 0.314. The molecular formula is C15H14N2O6. The van der Waals surface area contributed by atoms with Gasteiger partial charge in [0.1, 0.15) is 5.75 Å². The summed E-state index contributed by atoms with van der Waals surface area (Å²) in [5.74, 6) is 0.585. The maximum atomic E-state index is 10.9. The molecule has 0 aliphatic rings. The third kappa shape index (κ3) is 4.24. The molecule has 0 bridgehead atoms. The van der Waals surface area contributed by atoms with Crippen LogP contribution in [0.15, 0.2) is 42.5 Å². The molecule has 2 aromatic carbocycles. The highest BCUT2D eigenvalue weighted by molar-refractivity contribution is 5.70. The van der Waals surface area contributed by atoms with Crippen molar-refractivity contribution in [3.63, 3.8) is 0 Å². The number of nitro benzene ring substituents is 2. The molecule has 0 aliphatic carbocycles. The Hall–Kier alpha value is -3.00. The van der Waals surface area contributed by atoms with E-state index in [4.69, 9.17) is 9.84 Å². The number of rotatable bonds is 7. The lowest BCUT2D eigenvalue weighted by atomic mass is 10.0. The molecule has 1 N–H and O–H groups in total. The molecule has 0 saturated carbocycles. The first-order valence-electron chi connectivity index (χ1n) is 6.79. The number of non-ortho nitro benzene ring substituents is 2. The van der Waals surface area contributed by atoms with Crippen LogP contribution in [0.25, 0.3) is 11.1 Å². The highest BCUT2D eigenvalue weighted by Gasteiger charge is 2.17. The van der Waals surface area contributed by atoms with Gasteiger partial charge >= 0.3 is 0 Å². The van der Waals surface area contributed by atoms with Gasteiger partial charge in [-0.2, -0.15) is 0 Å². The van der Waals surface area contributed by atoms with E-state index in [0.29, 0.717) is 29.9 Å². The Morgan fingerprint density at radius 1 is 0.913 bits per heavy atom. The molecule has 0 spiro atoms. The number of aliphatic hydroxyl groups is 1. The van der Waals surface area contributed by atoms with Crippen LogP contribution in [0.3, 0.4) is 0 Å².